The van der Waals surface area contributed by atoms with Gasteiger partial charge in [0.15, 0.2) is 0 Å². The number of anilines is 1. The van der Waals surface area contributed by atoms with E-state index >= 15 is 0 Å². The van der Waals surface area contributed by atoms with Gasteiger partial charge in [-0.15, -0.1) is 0 Å². The molecule has 1 aromatic rings. The number of hydrogen-bond donors (Lipinski definition) is 2. The lowest BCUT2D eigenvalue weighted by atomic mass is 10.2. The normalized spacial score (nSPS) is 12.5. The van der Waals surface area contributed by atoms with E-state index in [1.807, 2.05) is 4.72 Å². The second-order valence-electron chi connectivity index (χ2n) is 3.69. The Bertz CT molecular complexity index is 545. The summed E-state index contributed by atoms with van der Waals surface area (Å²) in [7, 11) is -3.79. The van der Waals surface area contributed by atoms with Gasteiger partial charge in [0.1, 0.15) is 0 Å². The Balaban J connectivity index is 3.01. The van der Waals surface area contributed by atoms with Gasteiger partial charge in [-0.25, -0.2) is 8.42 Å². The number of nitrogens with one attached hydrogen (secondary N) is 1. The van der Waals surface area contributed by atoms with Gasteiger partial charge in [-0.3, -0.25) is 4.72 Å². The zero-order valence-electron chi connectivity index (χ0n) is 9.54. The van der Waals surface area contributed by atoms with Gasteiger partial charge in [-0.2, -0.15) is 13.2 Å². The molecule has 0 aliphatic carbocycles. The number of benzene rings is 1. The van der Waals surface area contributed by atoms with E-state index in [0.29, 0.717) is 6.07 Å². The maximum atomic E-state index is 12.5. The van der Waals surface area contributed by atoms with Crippen LogP contribution >= 0.6 is 15.9 Å². The molecule has 0 aromatic heterocycles. The number of sulfonamides is 1. The molecule has 2 N–H and O–H groups in total. The molecule has 0 aliphatic rings. The largest absolute Gasteiger partial charge is 0.416 e. The van der Waals surface area contributed by atoms with Gasteiger partial charge in [0.25, 0.3) is 0 Å². The third-order valence-corrected chi connectivity index (χ3v) is 4.18. The molecule has 0 heterocycles. The lowest BCUT2D eigenvalue weighted by Crippen LogP contribution is -2.18. The molecular weight excluding hydrogens is 351 g/mol. The maximum Gasteiger partial charge on any atom is 0.416 e. The van der Waals surface area contributed by atoms with Gasteiger partial charge in [0.2, 0.25) is 10.0 Å². The molecule has 4 nitrogen and oxygen atoms in total. The van der Waals surface area contributed by atoms with Crippen LogP contribution in [0.15, 0.2) is 22.7 Å². The van der Waals surface area contributed by atoms with E-state index in [2.05, 4.69) is 15.9 Å². The maximum absolute atomic E-state index is 12.5. The molecule has 0 amide bonds. The van der Waals surface area contributed by atoms with E-state index in [4.69, 9.17) is 5.11 Å². The molecule has 108 valence electrons. The highest BCUT2D eigenvalue weighted by Gasteiger charge is 2.31. The first-order valence-electron chi connectivity index (χ1n) is 5.14. The van der Waals surface area contributed by atoms with E-state index in [9.17, 15) is 21.6 Å². The number of alkyl halides is 3. The van der Waals surface area contributed by atoms with Crippen molar-refractivity contribution >= 4 is 31.6 Å². The molecule has 0 saturated heterocycles. The zero-order chi connectivity index (χ0) is 14.7. The minimum Gasteiger partial charge on any atom is -0.396 e. The molecule has 0 spiro atoms. The van der Waals surface area contributed by atoms with Crippen LogP contribution in [0.1, 0.15) is 12.0 Å². The highest BCUT2D eigenvalue weighted by atomic mass is 79.9. The van der Waals surface area contributed by atoms with Crippen LogP contribution in [0.5, 0.6) is 0 Å². The second-order valence-corrected chi connectivity index (χ2v) is 6.39. The molecule has 0 atom stereocenters. The van der Waals surface area contributed by atoms with Crippen LogP contribution in [0.2, 0.25) is 0 Å². The molecule has 0 fully saturated rings. The Hall–Kier alpha value is -0.800. The van der Waals surface area contributed by atoms with Crippen molar-refractivity contribution in [3.63, 3.8) is 0 Å². The number of hydrogen-bond acceptors (Lipinski definition) is 3. The van der Waals surface area contributed by atoms with Crippen LogP contribution in [0.25, 0.3) is 0 Å². The summed E-state index contributed by atoms with van der Waals surface area (Å²) in [5.74, 6) is -0.369. The Kier molecular flexibility index (Phi) is 5.22. The smallest absolute Gasteiger partial charge is 0.396 e. The average Bonchev–Trinajstić information content (AvgIpc) is 2.28. The first-order chi connectivity index (χ1) is 8.65. The molecule has 9 heteroatoms. The predicted molar refractivity (Wildman–Crippen MR) is 68.3 cm³/mol. The van der Waals surface area contributed by atoms with Crippen molar-refractivity contribution < 1.29 is 26.7 Å². The molecule has 0 aliphatic heterocycles. The van der Waals surface area contributed by atoms with Gasteiger partial charge < -0.3 is 5.11 Å². The topological polar surface area (TPSA) is 66.4 Å². The van der Waals surface area contributed by atoms with Crippen LogP contribution in [0.4, 0.5) is 18.9 Å². The number of rotatable bonds is 5. The van der Waals surface area contributed by atoms with Crippen LogP contribution in [-0.2, 0) is 16.2 Å². The number of halogens is 4. The summed E-state index contributed by atoms with van der Waals surface area (Å²) in [4.78, 5) is 0. The molecule has 0 bridgehead atoms. The first-order valence-corrected chi connectivity index (χ1v) is 7.58. The van der Waals surface area contributed by atoms with Crippen molar-refractivity contribution in [3.8, 4) is 0 Å². The second kappa shape index (κ2) is 6.10. The fraction of sp³-hybridized carbons (Fsp3) is 0.400. The van der Waals surface area contributed by atoms with E-state index < -0.39 is 21.8 Å². The van der Waals surface area contributed by atoms with Gasteiger partial charge in [0, 0.05) is 11.1 Å². The summed E-state index contributed by atoms with van der Waals surface area (Å²) in [6, 6.07) is 2.67. The number of aliphatic hydroxyl groups excluding tert-OH is 1. The van der Waals surface area contributed by atoms with Crippen molar-refractivity contribution in [2.75, 3.05) is 17.1 Å². The zero-order valence-corrected chi connectivity index (χ0v) is 11.9. The summed E-state index contributed by atoms with van der Waals surface area (Å²) >= 11 is 2.97. The summed E-state index contributed by atoms with van der Waals surface area (Å²) in [6.07, 6.45) is -4.54. The van der Waals surface area contributed by atoms with E-state index in [0.717, 1.165) is 12.1 Å². The molecule has 0 radical (unpaired) electrons. The fourth-order valence-corrected chi connectivity index (χ4v) is 2.85. The third-order valence-electron chi connectivity index (χ3n) is 2.13. The summed E-state index contributed by atoms with van der Waals surface area (Å²) < 4.78 is 62.9. The van der Waals surface area contributed by atoms with Crippen molar-refractivity contribution in [3.05, 3.63) is 28.2 Å². The molecule has 1 aromatic carbocycles. The van der Waals surface area contributed by atoms with Crippen LogP contribution in [0.3, 0.4) is 0 Å². The highest BCUT2D eigenvalue weighted by Crippen LogP contribution is 2.34. The summed E-state index contributed by atoms with van der Waals surface area (Å²) in [5.41, 5.74) is -1.14. The monoisotopic (exact) mass is 361 g/mol. The first kappa shape index (κ1) is 16.3. The van der Waals surface area contributed by atoms with Crippen molar-refractivity contribution in [2.24, 2.45) is 0 Å². The van der Waals surface area contributed by atoms with E-state index in [1.54, 1.807) is 0 Å². The van der Waals surface area contributed by atoms with Crippen LogP contribution in [-0.4, -0.2) is 25.9 Å². The van der Waals surface area contributed by atoms with Crippen molar-refractivity contribution in [1.29, 1.82) is 0 Å². The fourth-order valence-electron chi connectivity index (χ4n) is 1.25. The molecular formula is C10H11BrF3NO3S. The third kappa shape index (κ3) is 5.00. The van der Waals surface area contributed by atoms with Crippen LogP contribution in [0, 0.1) is 0 Å². The Morgan fingerprint density at radius 2 is 1.95 bits per heavy atom. The predicted octanol–water partition coefficient (Wildman–Crippen LogP) is 2.59. The molecule has 0 unspecified atom stereocenters. The van der Waals surface area contributed by atoms with Crippen molar-refractivity contribution in [2.45, 2.75) is 12.6 Å². The van der Waals surface area contributed by atoms with Gasteiger partial charge in [-0.1, -0.05) is 0 Å². The van der Waals surface area contributed by atoms with Gasteiger partial charge >= 0.3 is 6.18 Å². The number of aliphatic hydroxyl groups is 1. The summed E-state index contributed by atoms with van der Waals surface area (Å²) in [5, 5.41) is 8.55. The van der Waals surface area contributed by atoms with E-state index in [-0.39, 0.29) is 28.9 Å². The lowest BCUT2D eigenvalue weighted by Gasteiger charge is -2.12. The molecule has 1 rings (SSSR count). The van der Waals surface area contributed by atoms with Crippen LogP contribution < -0.4 is 4.72 Å². The lowest BCUT2D eigenvalue weighted by molar-refractivity contribution is -0.137. The quantitative estimate of drug-likeness (QED) is 0.846. The summed E-state index contributed by atoms with van der Waals surface area (Å²) in [6.45, 7) is -0.315. The van der Waals surface area contributed by atoms with Gasteiger partial charge in [0.05, 0.1) is 17.0 Å². The highest BCUT2D eigenvalue weighted by molar-refractivity contribution is 9.10. The Labute approximate surface area is 116 Å². The van der Waals surface area contributed by atoms with Gasteiger partial charge in [-0.05, 0) is 40.5 Å². The molecule has 0 saturated carbocycles. The minimum atomic E-state index is -4.55. The van der Waals surface area contributed by atoms with Crippen molar-refractivity contribution in [1.82, 2.24) is 0 Å². The Morgan fingerprint density at radius 1 is 1.32 bits per heavy atom. The minimum absolute atomic E-state index is 0.00587. The SMILES string of the molecule is O=S(=O)(CCCO)Nc1cc(C(F)(F)F)ccc1Br. The standard InChI is InChI=1S/C10H11BrF3NO3S/c11-8-3-2-7(10(12,13)14)6-9(8)15-19(17,18)5-1-4-16/h2-3,6,15-16H,1,4-5H2. The molecule has 19 heavy (non-hydrogen) atoms. The Morgan fingerprint density at radius 3 is 2.47 bits per heavy atom. The average molecular weight is 362 g/mol. The van der Waals surface area contributed by atoms with E-state index in [1.165, 1.54) is 0 Å².